The van der Waals surface area contributed by atoms with Crippen molar-refractivity contribution in [1.29, 1.82) is 0 Å². The molecule has 0 aliphatic carbocycles. The summed E-state index contributed by atoms with van der Waals surface area (Å²) in [4.78, 5) is 48.2. The van der Waals surface area contributed by atoms with Gasteiger partial charge in [0.1, 0.15) is 6.04 Å². The predicted molar refractivity (Wildman–Crippen MR) is 98.0 cm³/mol. The summed E-state index contributed by atoms with van der Waals surface area (Å²) < 4.78 is 5.26. The highest BCUT2D eigenvalue weighted by Crippen LogP contribution is 2.47. The number of amides is 2. The van der Waals surface area contributed by atoms with Crippen LogP contribution < -0.4 is 5.32 Å². The molecule has 144 valence electrons. The summed E-state index contributed by atoms with van der Waals surface area (Å²) in [7, 11) is 0. The van der Waals surface area contributed by atoms with Gasteiger partial charge in [-0.05, 0) is 26.3 Å². The van der Waals surface area contributed by atoms with Gasteiger partial charge in [-0.25, -0.2) is 4.79 Å². The van der Waals surface area contributed by atoms with Gasteiger partial charge in [-0.15, -0.1) is 11.8 Å². The second-order valence-corrected chi connectivity index (χ2v) is 8.14. The smallest absolute Gasteiger partial charge is 0.330 e. The van der Waals surface area contributed by atoms with Gasteiger partial charge in [0, 0.05) is 30.0 Å². The number of non-ortho nitro benzene ring substituents is 1. The second kappa shape index (κ2) is 7.18. The zero-order valence-electron chi connectivity index (χ0n) is 14.8. The maximum absolute atomic E-state index is 12.5. The van der Waals surface area contributed by atoms with Crippen LogP contribution in [-0.4, -0.2) is 50.4 Å². The largest absolute Gasteiger partial charge is 0.451 e. The van der Waals surface area contributed by atoms with Crippen molar-refractivity contribution < 1.29 is 24.0 Å². The number of hydrogen-bond acceptors (Lipinski definition) is 7. The standard InChI is InChI=1S/C17H19N3O6S/c1-10(15(22)18-11-4-3-5-12(8-11)20(24)25)26-16(23)13-9-27-17(2)7-6-14(21)19(13)17/h3-5,8,10,13H,6-7,9H2,1-2H3,(H,18,22)/t10-,13+,17-/m0/s1. The van der Waals surface area contributed by atoms with Gasteiger partial charge < -0.3 is 15.0 Å². The molecule has 0 bridgehead atoms. The Labute approximate surface area is 159 Å². The Morgan fingerprint density at radius 2 is 2.22 bits per heavy atom. The molecule has 9 nitrogen and oxygen atoms in total. The molecule has 2 fully saturated rings. The lowest BCUT2D eigenvalue weighted by molar-refractivity contribution is -0.384. The first-order valence-electron chi connectivity index (χ1n) is 8.43. The molecular weight excluding hydrogens is 374 g/mol. The van der Waals surface area contributed by atoms with Crippen molar-refractivity contribution in [3.05, 3.63) is 34.4 Å². The number of anilines is 1. The molecule has 2 heterocycles. The third-order valence-electron chi connectivity index (χ3n) is 4.70. The van der Waals surface area contributed by atoms with Crippen molar-refractivity contribution >= 4 is 40.9 Å². The molecule has 0 unspecified atom stereocenters. The maximum Gasteiger partial charge on any atom is 0.330 e. The average molecular weight is 393 g/mol. The molecule has 2 aliphatic rings. The normalized spacial score (nSPS) is 25.0. The molecule has 0 radical (unpaired) electrons. The fourth-order valence-electron chi connectivity index (χ4n) is 3.24. The SMILES string of the molecule is C[C@H](OC(=O)[C@H]1CS[C@@]2(C)CCC(=O)N12)C(=O)Nc1cccc([N+](=O)[O-])c1. The van der Waals surface area contributed by atoms with Gasteiger partial charge in [0.25, 0.3) is 11.6 Å². The zero-order valence-corrected chi connectivity index (χ0v) is 15.7. The Balaban J connectivity index is 1.61. The number of nitrogens with one attached hydrogen (secondary N) is 1. The number of thioether (sulfide) groups is 1. The number of hydrogen-bond donors (Lipinski definition) is 1. The van der Waals surface area contributed by atoms with E-state index in [1.807, 2.05) is 6.92 Å². The first-order chi connectivity index (χ1) is 12.7. The molecule has 2 aliphatic heterocycles. The first-order valence-corrected chi connectivity index (χ1v) is 9.42. The minimum atomic E-state index is -1.11. The van der Waals surface area contributed by atoms with Crippen LogP contribution in [0.2, 0.25) is 0 Å². The summed E-state index contributed by atoms with van der Waals surface area (Å²) in [5.41, 5.74) is 0.0723. The first kappa shape index (κ1) is 19.2. The molecule has 1 N–H and O–H groups in total. The molecule has 27 heavy (non-hydrogen) atoms. The summed E-state index contributed by atoms with van der Waals surface area (Å²) in [5.74, 6) is -0.883. The van der Waals surface area contributed by atoms with Crippen LogP contribution in [0.5, 0.6) is 0 Å². The predicted octanol–water partition coefficient (Wildman–Crippen LogP) is 1.92. The minimum Gasteiger partial charge on any atom is -0.451 e. The van der Waals surface area contributed by atoms with E-state index in [0.29, 0.717) is 18.6 Å². The Morgan fingerprint density at radius 1 is 1.48 bits per heavy atom. The van der Waals surface area contributed by atoms with E-state index in [0.717, 1.165) is 0 Å². The van der Waals surface area contributed by atoms with Crippen LogP contribution in [0.25, 0.3) is 0 Å². The summed E-state index contributed by atoms with van der Waals surface area (Å²) in [5, 5.41) is 13.3. The van der Waals surface area contributed by atoms with Crippen molar-refractivity contribution in [2.75, 3.05) is 11.1 Å². The molecule has 2 amide bonds. The van der Waals surface area contributed by atoms with Gasteiger partial charge in [-0.3, -0.25) is 19.7 Å². The number of ether oxygens (including phenoxy) is 1. The molecule has 0 aromatic heterocycles. The Hall–Kier alpha value is -2.62. The van der Waals surface area contributed by atoms with E-state index in [-0.39, 0.29) is 17.3 Å². The van der Waals surface area contributed by atoms with Crippen LogP contribution in [0.1, 0.15) is 26.7 Å². The third-order valence-corrected chi connectivity index (χ3v) is 6.21. The number of fused-ring (bicyclic) bond motifs is 1. The fraction of sp³-hybridized carbons (Fsp3) is 0.471. The number of esters is 1. The van der Waals surface area contributed by atoms with Gasteiger partial charge in [0.15, 0.2) is 6.10 Å². The quantitative estimate of drug-likeness (QED) is 0.461. The van der Waals surface area contributed by atoms with Crippen molar-refractivity contribution in [3.8, 4) is 0 Å². The highest BCUT2D eigenvalue weighted by atomic mass is 32.2. The second-order valence-electron chi connectivity index (χ2n) is 6.64. The van der Waals surface area contributed by atoms with E-state index >= 15 is 0 Å². The lowest BCUT2D eigenvalue weighted by atomic mass is 10.2. The molecule has 1 aromatic carbocycles. The number of nitro groups is 1. The van der Waals surface area contributed by atoms with E-state index in [9.17, 15) is 24.5 Å². The molecular formula is C17H19N3O6S. The molecule has 0 spiro atoms. The van der Waals surface area contributed by atoms with E-state index in [1.165, 1.54) is 43.0 Å². The van der Waals surface area contributed by atoms with Gasteiger partial charge >= 0.3 is 5.97 Å². The lowest BCUT2D eigenvalue weighted by Gasteiger charge is -2.29. The third kappa shape index (κ3) is 3.75. The van der Waals surface area contributed by atoms with Crippen molar-refractivity contribution in [2.24, 2.45) is 0 Å². The number of rotatable bonds is 5. The summed E-state index contributed by atoms with van der Waals surface area (Å²) in [6.45, 7) is 3.34. The number of benzene rings is 1. The van der Waals surface area contributed by atoms with Crippen molar-refractivity contribution in [1.82, 2.24) is 4.90 Å². The Bertz CT molecular complexity index is 816. The number of carbonyl (C=O) groups excluding carboxylic acids is 3. The van der Waals surface area contributed by atoms with Gasteiger partial charge in [0.2, 0.25) is 5.91 Å². The van der Waals surface area contributed by atoms with E-state index in [1.54, 1.807) is 4.90 Å². The van der Waals surface area contributed by atoms with Crippen LogP contribution in [0.3, 0.4) is 0 Å². The average Bonchev–Trinajstić information content (AvgIpc) is 3.11. The topological polar surface area (TPSA) is 119 Å². The van der Waals surface area contributed by atoms with Gasteiger partial charge in [-0.1, -0.05) is 6.07 Å². The Kier molecular flexibility index (Phi) is 5.09. The summed E-state index contributed by atoms with van der Waals surface area (Å²) >= 11 is 1.54. The fourth-order valence-corrected chi connectivity index (χ4v) is 4.66. The summed E-state index contributed by atoms with van der Waals surface area (Å²) in [6.07, 6.45) is -0.0227. The highest BCUT2D eigenvalue weighted by Gasteiger charge is 2.53. The van der Waals surface area contributed by atoms with Crippen LogP contribution >= 0.6 is 11.8 Å². The van der Waals surface area contributed by atoms with Crippen LogP contribution in [0, 0.1) is 10.1 Å². The van der Waals surface area contributed by atoms with E-state index in [4.69, 9.17) is 4.74 Å². The molecule has 3 rings (SSSR count). The monoisotopic (exact) mass is 393 g/mol. The Morgan fingerprint density at radius 3 is 2.93 bits per heavy atom. The zero-order chi connectivity index (χ0) is 19.8. The van der Waals surface area contributed by atoms with Crippen LogP contribution in [-0.2, 0) is 19.1 Å². The highest BCUT2D eigenvalue weighted by molar-refractivity contribution is 8.01. The molecule has 3 atom stereocenters. The van der Waals surface area contributed by atoms with E-state index in [2.05, 4.69) is 5.32 Å². The maximum atomic E-state index is 12.5. The van der Waals surface area contributed by atoms with Crippen LogP contribution in [0.15, 0.2) is 24.3 Å². The van der Waals surface area contributed by atoms with Crippen LogP contribution in [0.4, 0.5) is 11.4 Å². The number of nitro benzene ring substituents is 1. The number of nitrogens with zero attached hydrogens (tertiary/aromatic N) is 2. The number of carbonyl (C=O) groups is 3. The minimum absolute atomic E-state index is 0.0850. The molecule has 10 heteroatoms. The van der Waals surface area contributed by atoms with Crippen molar-refractivity contribution in [3.63, 3.8) is 0 Å². The molecule has 1 aromatic rings. The van der Waals surface area contributed by atoms with Gasteiger partial charge in [-0.2, -0.15) is 0 Å². The molecule has 2 saturated heterocycles. The van der Waals surface area contributed by atoms with E-state index < -0.39 is 33.8 Å². The van der Waals surface area contributed by atoms with Crippen molar-refractivity contribution in [2.45, 2.75) is 43.7 Å². The lowest BCUT2D eigenvalue weighted by Crippen LogP contribution is -2.48. The summed E-state index contributed by atoms with van der Waals surface area (Å²) in [6, 6.07) is 4.76. The van der Waals surface area contributed by atoms with Gasteiger partial charge in [0.05, 0.1) is 9.79 Å². The molecule has 0 saturated carbocycles.